The van der Waals surface area contributed by atoms with Crippen LogP contribution in [0.4, 0.5) is 11.4 Å². The summed E-state index contributed by atoms with van der Waals surface area (Å²) in [6.07, 6.45) is 2.23. The van der Waals surface area contributed by atoms with Crippen LogP contribution in [0, 0.1) is 16.0 Å². The Morgan fingerprint density at radius 2 is 2.25 bits per heavy atom. The summed E-state index contributed by atoms with van der Waals surface area (Å²) in [6.45, 7) is 0.435. The molecular formula is C13H17N3O4. The van der Waals surface area contributed by atoms with E-state index in [1.54, 1.807) is 0 Å². The number of nitrogens with one attached hydrogen (secondary N) is 1. The molecule has 2 rings (SSSR count). The van der Waals surface area contributed by atoms with E-state index in [-0.39, 0.29) is 29.0 Å². The standard InChI is InChI=1S/C13H17N3O4/c14-13(18)8-4-5-11(16(19)20)10(6-8)15-7-9-2-1-3-12(9)17/h4-6,9,12,15,17H,1-3,7H2,(H2,14,18). The van der Waals surface area contributed by atoms with Gasteiger partial charge in [-0.2, -0.15) is 0 Å². The molecule has 2 atom stereocenters. The maximum Gasteiger partial charge on any atom is 0.292 e. The lowest BCUT2D eigenvalue weighted by Gasteiger charge is -2.16. The zero-order valence-electron chi connectivity index (χ0n) is 10.9. The fourth-order valence-corrected chi connectivity index (χ4v) is 2.49. The summed E-state index contributed by atoms with van der Waals surface area (Å²) in [6, 6.07) is 3.96. The Kier molecular flexibility index (Phi) is 4.19. The molecule has 7 heteroatoms. The van der Waals surface area contributed by atoms with Crippen molar-refractivity contribution in [2.45, 2.75) is 25.4 Å². The molecule has 0 saturated heterocycles. The van der Waals surface area contributed by atoms with Crippen LogP contribution in [0.3, 0.4) is 0 Å². The van der Waals surface area contributed by atoms with Crippen molar-refractivity contribution in [1.29, 1.82) is 0 Å². The van der Waals surface area contributed by atoms with E-state index in [1.807, 2.05) is 0 Å². The number of nitrogens with zero attached hydrogens (tertiary/aromatic N) is 1. The van der Waals surface area contributed by atoms with E-state index in [2.05, 4.69) is 5.32 Å². The van der Waals surface area contributed by atoms with Crippen molar-refractivity contribution in [1.82, 2.24) is 0 Å². The third-order valence-corrected chi connectivity index (χ3v) is 3.65. The van der Waals surface area contributed by atoms with Crippen LogP contribution < -0.4 is 11.1 Å². The molecule has 1 aliphatic carbocycles. The summed E-state index contributed by atoms with van der Waals surface area (Å²) in [5, 5.41) is 23.7. The van der Waals surface area contributed by atoms with Gasteiger partial charge in [-0.1, -0.05) is 6.42 Å². The number of nitro benzene ring substituents is 1. The Bertz CT molecular complexity index is 532. The SMILES string of the molecule is NC(=O)c1ccc([N+](=O)[O-])c(NCC2CCCC2O)c1. The smallest absolute Gasteiger partial charge is 0.292 e. The zero-order valence-corrected chi connectivity index (χ0v) is 10.9. The minimum absolute atomic E-state index is 0.0758. The van der Waals surface area contributed by atoms with Gasteiger partial charge in [-0.15, -0.1) is 0 Å². The Balaban J connectivity index is 2.17. The number of anilines is 1. The second-order valence-corrected chi connectivity index (χ2v) is 4.99. The first kappa shape index (κ1) is 14.3. The van der Waals surface area contributed by atoms with Crippen molar-refractivity contribution in [3.05, 3.63) is 33.9 Å². The molecule has 108 valence electrons. The van der Waals surface area contributed by atoms with Crippen molar-refractivity contribution in [3.63, 3.8) is 0 Å². The Morgan fingerprint density at radius 1 is 1.50 bits per heavy atom. The molecule has 4 N–H and O–H groups in total. The van der Waals surface area contributed by atoms with Gasteiger partial charge in [-0.25, -0.2) is 0 Å². The first-order valence-corrected chi connectivity index (χ1v) is 6.49. The number of hydrogen-bond donors (Lipinski definition) is 3. The highest BCUT2D eigenvalue weighted by molar-refractivity contribution is 5.94. The first-order chi connectivity index (χ1) is 9.49. The van der Waals surface area contributed by atoms with Gasteiger partial charge in [-0.05, 0) is 25.0 Å². The maximum absolute atomic E-state index is 11.1. The Labute approximate surface area is 115 Å². The molecular weight excluding hydrogens is 262 g/mol. The number of carbonyl (C=O) groups excluding carboxylic acids is 1. The second kappa shape index (κ2) is 5.87. The van der Waals surface area contributed by atoms with Crippen molar-refractivity contribution in [3.8, 4) is 0 Å². The number of aliphatic hydroxyl groups excluding tert-OH is 1. The van der Waals surface area contributed by atoms with Gasteiger partial charge < -0.3 is 16.2 Å². The number of benzene rings is 1. The second-order valence-electron chi connectivity index (χ2n) is 4.99. The first-order valence-electron chi connectivity index (χ1n) is 6.49. The molecule has 0 heterocycles. The fourth-order valence-electron chi connectivity index (χ4n) is 2.49. The van der Waals surface area contributed by atoms with E-state index in [4.69, 9.17) is 5.73 Å². The summed E-state index contributed by atoms with van der Waals surface area (Å²) in [7, 11) is 0. The summed E-state index contributed by atoms with van der Waals surface area (Å²) < 4.78 is 0. The third kappa shape index (κ3) is 3.05. The van der Waals surface area contributed by atoms with Gasteiger partial charge in [0.1, 0.15) is 5.69 Å². The highest BCUT2D eigenvalue weighted by Gasteiger charge is 2.26. The molecule has 1 aromatic carbocycles. The van der Waals surface area contributed by atoms with Gasteiger partial charge >= 0.3 is 0 Å². The van der Waals surface area contributed by atoms with Crippen LogP contribution in [0.5, 0.6) is 0 Å². The lowest BCUT2D eigenvalue weighted by atomic mass is 10.1. The average Bonchev–Trinajstić information content (AvgIpc) is 2.81. The van der Waals surface area contributed by atoms with Crippen LogP contribution >= 0.6 is 0 Å². The van der Waals surface area contributed by atoms with E-state index < -0.39 is 10.8 Å². The number of nitro groups is 1. The number of rotatable bonds is 5. The number of nitrogens with two attached hydrogens (primary N) is 1. The number of aliphatic hydroxyl groups is 1. The molecule has 2 unspecified atom stereocenters. The Hall–Kier alpha value is -2.15. The van der Waals surface area contributed by atoms with E-state index in [1.165, 1.54) is 18.2 Å². The molecule has 1 fully saturated rings. The average molecular weight is 279 g/mol. The van der Waals surface area contributed by atoms with Crippen LogP contribution in [0.2, 0.25) is 0 Å². The molecule has 20 heavy (non-hydrogen) atoms. The highest BCUT2D eigenvalue weighted by Crippen LogP contribution is 2.29. The number of amides is 1. The van der Waals surface area contributed by atoms with Crippen LogP contribution in [0.15, 0.2) is 18.2 Å². The molecule has 0 radical (unpaired) electrons. The van der Waals surface area contributed by atoms with Crippen LogP contribution in [-0.2, 0) is 0 Å². The molecule has 1 saturated carbocycles. The number of primary amides is 1. The summed E-state index contributed by atoms with van der Waals surface area (Å²) in [5.74, 6) is -0.560. The van der Waals surface area contributed by atoms with E-state index in [0.717, 1.165) is 19.3 Å². The van der Waals surface area contributed by atoms with Gasteiger partial charge in [0.05, 0.1) is 11.0 Å². The predicted molar refractivity (Wildman–Crippen MR) is 73.5 cm³/mol. The zero-order chi connectivity index (χ0) is 14.7. The van der Waals surface area contributed by atoms with Crippen LogP contribution in [-0.4, -0.2) is 28.6 Å². The minimum atomic E-state index is -0.635. The van der Waals surface area contributed by atoms with E-state index in [9.17, 15) is 20.0 Å². The highest BCUT2D eigenvalue weighted by atomic mass is 16.6. The molecule has 1 amide bonds. The van der Waals surface area contributed by atoms with Gasteiger partial charge in [0.25, 0.3) is 5.69 Å². The number of carbonyl (C=O) groups is 1. The summed E-state index contributed by atoms with van der Waals surface area (Å²) >= 11 is 0. The topological polar surface area (TPSA) is 118 Å². The van der Waals surface area contributed by atoms with Gasteiger partial charge in [-0.3, -0.25) is 14.9 Å². The molecule has 0 aromatic heterocycles. The fraction of sp³-hybridized carbons (Fsp3) is 0.462. The van der Waals surface area contributed by atoms with Crippen LogP contribution in [0.25, 0.3) is 0 Å². The van der Waals surface area contributed by atoms with Crippen molar-refractivity contribution in [2.24, 2.45) is 11.7 Å². The minimum Gasteiger partial charge on any atom is -0.393 e. The molecule has 1 aliphatic rings. The van der Waals surface area contributed by atoms with Crippen molar-refractivity contribution >= 4 is 17.3 Å². The predicted octanol–water partition coefficient (Wildman–Crippen LogP) is 1.27. The third-order valence-electron chi connectivity index (χ3n) is 3.65. The normalized spacial score (nSPS) is 21.6. The van der Waals surface area contributed by atoms with Gasteiger partial charge in [0, 0.05) is 24.1 Å². The molecule has 7 nitrogen and oxygen atoms in total. The number of hydrogen-bond acceptors (Lipinski definition) is 5. The van der Waals surface area contributed by atoms with Gasteiger partial charge in [0.2, 0.25) is 5.91 Å². The largest absolute Gasteiger partial charge is 0.393 e. The quantitative estimate of drug-likeness (QED) is 0.554. The molecule has 0 aliphatic heterocycles. The summed E-state index contributed by atoms with van der Waals surface area (Å²) in [5.41, 5.74) is 5.53. The van der Waals surface area contributed by atoms with Crippen molar-refractivity contribution in [2.75, 3.05) is 11.9 Å². The molecule has 0 spiro atoms. The van der Waals surface area contributed by atoms with Gasteiger partial charge in [0.15, 0.2) is 0 Å². The van der Waals surface area contributed by atoms with Crippen LogP contribution in [0.1, 0.15) is 29.6 Å². The summed E-state index contributed by atoms with van der Waals surface area (Å²) in [4.78, 5) is 21.6. The molecule has 1 aromatic rings. The maximum atomic E-state index is 11.1. The van der Waals surface area contributed by atoms with Crippen molar-refractivity contribution < 1.29 is 14.8 Å². The Morgan fingerprint density at radius 3 is 2.80 bits per heavy atom. The molecule has 0 bridgehead atoms. The van der Waals surface area contributed by atoms with E-state index >= 15 is 0 Å². The lowest BCUT2D eigenvalue weighted by molar-refractivity contribution is -0.384. The lowest BCUT2D eigenvalue weighted by Crippen LogP contribution is -2.22. The van der Waals surface area contributed by atoms with E-state index in [0.29, 0.717) is 6.54 Å². The monoisotopic (exact) mass is 279 g/mol.